The first kappa shape index (κ1) is 75.9. The van der Waals surface area contributed by atoms with Gasteiger partial charge in [0.05, 0.1) is 22.7 Å². The third-order valence-electron chi connectivity index (χ3n) is 18.9. The SMILES string of the molecule is CNC1C(=O)NC2Cc3ccc(cc3)Oc3cc4cc(c3O[C@@H]3O[C@@H](C(=O)O)[C@@H](O)[C@H](O)[C@@H]3N)Oc3ccc(cc3Cl)C(O)C3NC(=O)C(NC(=O)C4NC(=O)C(NC2=O)c2cc(cc(O)c2Cl)Oc2cc1ccc2O)c1ccc(O)c(c1)-c1c(O[C@H]2O[C@H](CO)[C@@H](O)[C@@H](O)[C@@H]2O)cc(O)cc1[C@H](C(=O)O)NC3=O. The number of aromatic hydroxyl groups is 4. The molecule has 2 saturated heterocycles. The number of carboxylic acids is 2. The summed E-state index contributed by atoms with van der Waals surface area (Å²) in [5, 5.41) is 162. The fourth-order valence-electron chi connectivity index (χ4n) is 13.3. The lowest BCUT2D eigenvalue weighted by Gasteiger charge is -2.40. The van der Waals surface area contributed by atoms with Crippen molar-refractivity contribution in [2.75, 3.05) is 13.7 Å². The molecule has 7 unspecified atom stereocenters. The van der Waals surface area contributed by atoms with Crippen molar-refractivity contribution in [3.8, 4) is 80.1 Å². The van der Waals surface area contributed by atoms with Crippen LogP contribution in [0.1, 0.15) is 75.3 Å². The van der Waals surface area contributed by atoms with Crippen molar-refractivity contribution in [2.45, 2.75) is 116 Å². The highest BCUT2D eigenvalue weighted by molar-refractivity contribution is 6.33. The second-order valence-electron chi connectivity index (χ2n) is 26.0. The van der Waals surface area contributed by atoms with Crippen LogP contribution in [0.5, 0.6) is 69.0 Å². The Morgan fingerprint density at radius 2 is 1.18 bits per heavy atom. The van der Waals surface area contributed by atoms with Crippen LogP contribution in [0, 0.1) is 0 Å². The van der Waals surface area contributed by atoms with Crippen LogP contribution in [0.4, 0.5) is 0 Å². The second-order valence-corrected chi connectivity index (χ2v) is 26.8. The Kier molecular flexibility index (Phi) is 21.1. The number of fused-ring (bicyclic) bond motifs is 14. The maximum absolute atomic E-state index is 16.4. The van der Waals surface area contributed by atoms with Gasteiger partial charge in [-0.25, -0.2) is 9.59 Å². The fourth-order valence-corrected chi connectivity index (χ4v) is 13.7. The van der Waals surface area contributed by atoms with Crippen molar-refractivity contribution in [1.29, 1.82) is 0 Å². The lowest BCUT2D eigenvalue weighted by molar-refractivity contribution is -0.277. The Labute approximate surface area is 623 Å². The zero-order valence-electron chi connectivity index (χ0n) is 56.0. The van der Waals surface area contributed by atoms with Crippen LogP contribution in [0.2, 0.25) is 10.0 Å². The summed E-state index contributed by atoms with van der Waals surface area (Å²) in [4.78, 5) is 120. The lowest BCUT2D eigenvalue weighted by atomic mass is 9.89. The number of aliphatic hydroxyl groups is 7. The van der Waals surface area contributed by atoms with E-state index in [2.05, 4.69) is 37.2 Å². The molecule has 6 amide bonds. The first-order chi connectivity index (χ1) is 51.9. The number of hydrogen-bond acceptors (Lipinski definition) is 28. The molecule has 0 aromatic heterocycles. The molecule has 0 saturated carbocycles. The molecule has 22 N–H and O–H groups in total. The van der Waals surface area contributed by atoms with Gasteiger partial charge in [0.2, 0.25) is 53.8 Å². The van der Waals surface area contributed by atoms with Crippen molar-refractivity contribution < 1.29 is 138 Å². The third kappa shape index (κ3) is 14.8. The maximum Gasteiger partial charge on any atom is 0.335 e. The summed E-state index contributed by atoms with van der Waals surface area (Å²) in [6, 6.07) is 4.60. The quantitative estimate of drug-likeness (QED) is 0.0969. The summed E-state index contributed by atoms with van der Waals surface area (Å²) in [5.41, 5.74) is 3.24. The third-order valence-corrected chi connectivity index (χ3v) is 19.6. The number of hydrogen-bond donors (Lipinski definition) is 21. The minimum atomic E-state index is -2.42. The summed E-state index contributed by atoms with van der Waals surface area (Å²) >= 11 is 14.0. The average molecular weight is 1550 g/mol. The fraction of sp³-hybridized carbons (Fsp3) is 0.296. The van der Waals surface area contributed by atoms with Crippen LogP contribution in [0.3, 0.4) is 0 Å². The molecule has 17 bridgehead atoms. The predicted molar refractivity (Wildman–Crippen MR) is 368 cm³/mol. The van der Waals surface area contributed by atoms with Crippen LogP contribution >= 0.6 is 23.2 Å². The highest BCUT2D eigenvalue weighted by Gasteiger charge is 2.50. The molecule has 7 aromatic carbocycles. The number of aliphatic carboxylic acids is 2. The van der Waals surface area contributed by atoms with Crippen molar-refractivity contribution in [1.82, 2.24) is 37.2 Å². The zero-order valence-corrected chi connectivity index (χ0v) is 57.6. The zero-order chi connectivity index (χ0) is 78.0. The monoisotopic (exact) mass is 1550 g/mol. The van der Waals surface area contributed by atoms with E-state index < -0.39 is 265 Å². The molecule has 0 spiro atoms. The van der Waals surface area contributed by atoms with E-state index in [1.807, 2.05) is 0 Å². The van der Waals surface area contributed by atoms with E-state index in [-0.39, 0.29) is 28.4 Å². The van der Waals surface area contributed by atoms with Gasteiger partial charge in [0.25, 0.3) is 0 Å². The van der Waals surface area contributed by atoms with Gasteiger partial charge < -0.3 is 142 Å². The minimum absolute atomic E-state index is 0.130. The number of ether oxygens (including phenoxy) is 7. The van der Waals surface area contributed by atoms with E-state index >= 15 is 24.0 Å². The van der Waals surface area contributed by atoms with E-state index in [4.69, 9.17) is 62.1 Å². The number of carbonyl (C=O) groups excluding carboxylic acids is 6. The Morgan fingerprint density at radius 3 is 1.87 bits per heavy atom. The highest BCUT2D eigenvalue weighted by Crippen LogP contribution is 2.50. The van der Waals surface area contributed by atoms with E-state index in [0.717, 1.165) is 72.8 Å². The highest BCUT2D eigenvalue weighted by atomic mass is 35.5. The number of aliphatic hydroxyl groups excluding tert-OH is 7. The summed E-state index contributed by atoms with van der Waals surface area (Å²) in [6.07, 6.45) is -21.3. The number of rotatable bonds is 8. The molecule has 109 heavy (non-hydrogen) atoms. The molecule has 8 heterocycles. The number of benzene rings is 7. The standard InChI is InChI=1S/C71H66Cl2N8O28/c1-75-48-25-5-10-37(85)40(15-25)104-30-20-33(46(73)38(86)21-30)51-66(97)78-50-27-16-42(103-29-7-2-23(3-8-29)12-35(62(93)79-51)76-63(48)94)60(108-70-47(74)56(89)58(91)61(109-70)69(101)102)43(17-27)105-39-11-6-26(14-34(39)72)54(87)53-67(98)80-52(68(99)100)32-18-28(83)19-41(106-71-59(92)57(90)55(88)44(22-82)107-71)45(32)31-13-24(4-9-36(31)84)49(64(95)81-53)77-65(50)96/h2-11,13-21,35,44,47-59,61,70-71,75,82-92H,12,22,74H2,1H3,(H,76,94)(H,77,96)(H,78,97)(H,79,93)(H,80,98)(H,81,95)(H,99,100)(H,101,102)/t35?,44-,47+,48?,49?,50?,51?,52-,53?,54?,55-,56-,57-,58+,59+,61-,70-,71+/m1/s1. The molecule has 2 fully saturated rings. The molecule has 38 heteroatoms. The predicted octanol–water partition coefficient (Wildman–Crippen LogP) is 0.250. The van der Waals surface area contributed by atoms with Gasteiger partial charge in [0, 0.05) is 40.8 Å². The molecule has 0 radical (unpaired) electrons. The van der Waals surface area contributed by atoms with E-state index in [1.165, 1.54) is 49.5 Å². The Morgan fingerprint density at radius 1 is 0.541 bits per heavy atom. The average Bonchev–Trinajstić information content (AvgIpc) is 0.763. The van der Waals surface area contributed by atoms with E-state index in [0.29, 0.717) is 5.56 Å². The molecular weight excluding hydrogens is 1480 g/mol. The van der Waals surface area contributed by atoms with Crippen LogP contribution in [0.25, 0.3) is 11.1 Å². The topological polar surface area (TPSA) is 574 Å². The van der Waals surface area contributed by atoms with Gasteiger partial charge in [-0.3, -0.25) is 28.8 Å². The van der Waals surface area contributed by atoms with Crippen LogP contribution < -0.4 is 66.6 Å². The second kappa shape index (κ2) is 30.4. The number of likely N-dealkylation sites (N-methyl/N-ethyl adjacent to an activating group) is 1. The number of carboxylic acid groups (broad SMARTS) is 2. The first-order valence-electron chi connectivity index (χ1n) is 33.1. The maximum atomic E-state index is 16.4. The summed E-state index contributed by atoms with van der Waals surface area (Å²) in [7, 11) is 1.42. The number of halogens is 2. The van der Waals surface area contributed by atoms with E-state index in [9.17, 15) is 80.8 Å². The number of amides is 6. The smallest absolute Gasteiger partial charge is 0.335 e. The molecule has 7 aromatic rings. The molecule has 18 atom stereocenters. The number of phenols is 4. The molecule has 36 nitrogen and oxygen atoms in total. The van der Waals surface area contributed by atoms with Gasteiger partial charge in [-0.2, -0.15) is 0 Å². The summed E-state index contributed by atoms with van der Waals surface area (Å²) in [6.45, 7) is -0.985. The Hall–Kier alpha value is -11.4. The van der Waals surface area contributed by atoms with Crippen molar-refractivity contribution >= 4 is 70.6 Å². The van der Waals surface area contributed by atoms with Crippen molar-refractivity contribution in [3.63, 3.8) is 0 Å². The van der Waals surface area contributed by atoms with Gasteiger partial charge in [0.1, 0.15) is 119 Å². The summed E-state index contributed by atoms with van der Waals surface area (Å²) < 4.78 is 42.9. The molecule has 0 aliphatic carbocycles. The molecular formula is C71H66Cl2N8O28. The van der Waals surface area contributed by atoms with Crippen LogP contribution in [-0.4, -0.2) is 201 Å². The van der Waals surface area contributed by atoms with E-state index in [1.54, 1.807) is 0 Å². The van der Waals surface area contributed by atoms with Crippen LogP contribution in [-0.2, 0) is 54.3 Å². The molecule has 8 aliphatic heterocycles. The van der Waals surface area contributed by atoms with Crippen molar-refractivity contribution in [2.24, 2.45) is 5.73 Å². The minimum Gasteiger partial charge on any atom is -0.508 e. The van der Waals surface area contributed by atoms with Gasteiger partial charge in [-0.1, -0.05) is 53.5 Å². The number of carbonyl (C=O) groups is 8. The Bertz CT molecular complexity index is 4840. The number of nitrogens with one attached hydrogen (secondary N) is 7. The lowest BCUT2D eigenvalue weighted by Crippen LogP contribution is -2.64. The van der Waals surface area contributed by atoms with Crippen LogP contribution in [0.15, 0.2) is 115 Å². The number of nitrogens with two attached hydrogens (primary N) is 1. The largest absolute Gasteiger partial charge is 0.508 e. The van der Waals surface area contributed by atoms with Gasteiger partial charge >= 0.3 is 11.9 Å². The Balaban J connectivity index is 1.06. The molecule has 15 rings (SSSR count). The van der Waals surface area contributed by atoms with Gasteiger partial charge in [-0.05, 0) is 108 Å². The molecule has 572 valence electrons. The number of phenolic OH excluding ortho intramolecular Hbond substituents is 4. The first-order valence-corrected chi connectivity index (χ1v) is 33.8. The normalized spacial score (nSPS) is 28.2. The summed E-state index contributed by atoms with van der Waals surface area (Å²) in [5.74, 6) is -18.5. The van der Waals surface area contributed by atoms with Gasteiger partial charge in [-0.15, -0.1) is 0 Å². The van der Waals surface area contributed by atoms with Crippen molar-refractivity contribution in [3.05, 3.63) is 164 Å². The molecule has 8 aliphatic rings. The van der Waals surface area contributed by atoms with Gasteiger partial charge in [0.15, 0.2) is 35.1 Å².